The molecular weight excluding hydrogens is 418 g/mol. The van der Waals surface area contributed by atoms with E-state index >= 15 is 0 Å². The number of hydrogen-bond acceptors (Lipinski definition) is 10. The number of benzene rings is 1. The predicted octanol–water partition coefficient (Wildman–Crippen LogP) is 1.88. The van der Waals surface area contributed by atoms with E-state index in [1.165, 1.54) is 0 Å². The van der Waals surface area contributed by atoms with E-state index in [9.17, 15) is 8.42 Å². The zero-order valence-electron chi connectivity index (χ0n) is 16.5. The quantitative estimate of drug-likeness (QED) is 0.174. The molecule has 0 unspecified atom stereocenters. The zero-order valence-corrected chi connectivity index (χ0v) is 17.3. The van der Waals surface area contributed by atoms with Gasteiger partial charge in [0.25, 0.3) is 0 Å². The van der Waals surface area contributed by atoms with Crippen molar-refractivity contribution in [2.75, 3.05) is 59.0 Å². The molecule has 0 aliphatic rings. The van der Waals surface area contributed by atoms with Gasteiger partial charge in [-0.2, -0.15) is 0 Å². The van der Waals surface area contributed by atoms with Crippen LogP contribution in [0.5, 0.6) is 5.75 Å². The van der Waals surface area contributed by atoms with Crippen LogP contribution in [-0.2, 0) is 24.0 Å². The summed E-state index contributed by atoms with van der Waals surface area (Å²) in [6.45, 7) is 3.18. The first kappa shape index (κ1) is 23.6. The van der Waals surface area contributed by atoms with Crippen molar-refractivity contribution in [3.63, 3.8) is 0 Å². The molecule has 1 aromatic heterocycles. The second kappa shape index (κ2) is 12.8. The second-order valence-corrected chi connectivity index (χ2v) is 7.70. The lowest BCUT2D eigenvalue weighted by Crippen LogP contribution is -2.13. The fraction of sp³-hybridized carbons (Fsp3) is 0.529. The maximum Gasteiger partial charge on any atom is 0.335 e. The molecule has 0 amide bonds. The number of nitrogens with zero attached hydrogens (tertiary/aromatic N) is 5. The van der Waals surface area contributed by atoms with Crippen molar-refractivity contribution in [1.82, 2.24) is 10.2 Å². The van der Waals surface area contributed by atoms with Gasteiger partial charge in [-0.25, -0.2) is 8.42 Å². The van der Waals surface area contributed by atoms with Gasteiger partial charge in [-0.3, -0.25) is 0 Å². The Morgan fingerprint density at radius 2 is 1.57 bits per heavy atom. The Morgan fingerprint density at radius 1 is 0.967 bits per heavy atom. The Morgan fingerprint density at radius 3 is 2.13 bits per heavy atom. The van der Waals surface area contributed by atoms with Crippen LogP contribution in [0.15, 0.2) is 39.0 Å². The average molecular weight is 441 g/mol. The van der Waals surface area contributed by atoms with Crippen LogP contribution in [0.1, 0.15) is 0 Å². The van der Waals surface area contributed by atoms with Gasteiger partial charge in [-0.15, -0.1) is 5.10 Å². The normalized spacial score (nSPS) is 11.2. The van der Waals surface area contributed by atoms with E-state index in [0.29, 0.717) is 64.1 Å². The second-order valence-electron chi connectivity index (χ2n) is 5.81. The maximum atomic E-state index is 11.4. The van der Waals surface area contributed by atoms with E-state index in [0.717, 1.165) is 6.26 Å². The molecule has 0 radical (unpaired) electrons. The van der Waals surface area contributed by atoms with Crippen molar-refractivity contribution >= 4 is 9.84 Å². The van der Waals surface area contributed by atoms with Crippen LogP contribution in [-0.4, -0.2) is 77.7 Å². The molecule has 2 aromatic rings. The molecule has 1 heterocycles. The van der Waals surface area contributed by atoms with Gasteiger partial charge in [0.1, 0.15) is 12.4 Å². The minimum atomic E-state index is -3.54. The predicted molar refractivity (Wildman–Crippen MR) is 105 cm³/mol. The van der Waals surface area contributed by atoms with Crippen LogP contribution in [0.25, 0.3) is 21.9 Å². The average Bonchev–Trinajstić information content (AvgIpc) is 3.23. The summed E-state index contributed by atoms with van der Waals surface area (Å²) in [7, 11) is -3.54. The third kappa shape index (κ3) is 8.76. The maximum absolute atomic E-state index is 11.4. The molecular formula is C17H23N5O7S. The van der Waals surface area contributed by atoms with E-state index in [-0.39, 0.29) is 5.89 Å². The highest BCUT2D eigenvalue weighted by molar-refractivity contribution is 7.90. The minimum Gasteiger partial charge on any atom is -0.491 e. The molecule has 0 N–H and O–H groups in total. The van der Waals surface area contributed by atoms with Gasteiger partial charge < -0.3 is 23.4 Å². The molecule has 0 aliphatic heterocycles. The highest BCUT2D eigenvalue weighted by Crippen LogP contribution is 2.22. The van der Waals surface area contributed by atoms with Gasteiger partial charge in [-0.1, -0.05) is 10.2 Å². The van der Waals surface area contributed by atoms with E-state index in [1.807, 2.05) is 0 Å². The Balaban J connectivity index is 1.55. The van der Waals surface area contributed by atoms with Crippen LogP contribution >= 0.6 is 0 Å². The van der Waals surface area contributed by atoms with Crippen molar-refractivity contribution < 1.29 is 31.8 Å². The van der Waals surface area contributed by atoms with Crippen LogP contribution in [0, 0.1) is 0 Å². The molecule has 0 saturated carbocycles. The number of hydrogen-bond donors (Lipinski definition) is 0. The van der Waals surface area contributed by atoms with E-state index in [1.54, 1.807) is 24.3 Å². The Hall–Kier alpha value is -2.70. The molecule has 12 nitrogen and oxygen atoms in total. The number of azide groups is 1. The topological polar surface area (TPSA) is 159 Å². The van der Waals surface area contributed by atoms with Crippen LogP contribution in [0.2, 0.25) is 0 Å². The lowest BCUT2D eigenvalue weighted by Gasteiger charge is -2.08. The zero-order chi connectivity index (χ0) is 21.7. The molecule has 0 aliphatic carbocycles. The molecule has 30 heavy (non-hydrogen) atoms. The summed E-state index contributed by atoms with van der Waals surface area (Å²) < 4.78 is 49.4. The first-order valence-corrected chi connectivity index (χ1v) is 10.9. The highest BCUT2D eigenvalue weighted by Gasteiger charge is 2.17. The van der Waals surface area contributed by atoms with Gasteiger partial charge in [-0.05, 0) is 29.8 Å². The molecule has 13 heteroatoms. The molecule has 0 atom stereocenters. The number of sulfone groups is 1. The SMILES string of the molecule is CS(=O)(=O)c1nnc(-c2ccc(OCCOCCOCCOCCN=[N+]=[N-])cc2)o1. The Labute approximate surface area is 173 Å². The number of ether oxygens (including phenoxy) is 4. The monoisotopic (exact) mass is 441 g/mol. The van der Waals surface area contributed by atoms with Gasteiger partial charge in [0.05, 0.1) is 39.6 Å². The third-order valence-electron chi connectivity index (χ3n) is 3.46. The Kier molecular flexibility index (Phi) is 10.0. The summed E-state index contributed by atoms with van der Waals surface area (Å²) in [5.74, 6) is 0.741. The summed E-state index contributed by atoms with van der Waals surface area (Å²) in [5.41, 5.74) is 8.68. The standard InChI is InChI=1S/C17H23N5O7S/c1-30(23,24)17-21-20-16(29-17)14-2-4-15(5-3-14)28-13-12-27-11-10-26-9-8-25-7-6-19-22-18/h2-5H,6-13H2,1H3. The van der Waals surface area contributed by atoms with E-state index in [2.05, 4.69) is 20.2 Å². The van der Waals surface area contributed by atoms with Gasteiger partial charge in [0, 0.05) is 23.3 Å². The van der Waals surface area contributed by atoms with Gasteiger partial charge in [0.15, 0.2) is 0 Å². The van der Waals surface area contributed by atoms with Gasteiger partial charge in [0.2, 0.25) is 15.7 Å². The van der Waals surface area contributed by atoms with Crippen molar-refractivity contribution in [2.45, 2.75) is 5.22 Å². The molecule has 0 spiro atoms. The fourth-order valence-electron chi connectivity index (χ4n) is 2.08. The molecule has 2 rings (SSSR count). The molecule has 0 saturated heterocycles. The van der Waals surface area contributed by atoms with E-state index in [4.69, 9.17) is 28.9 Å². The highest BCUT2D eigenvalue weighted by atomic mass is 32.2. The number of rotatable bonds is 15. The lowest BCUT2D eigenvalue weighted by molar-refractivity contribution is 0.0106. The summed E-state index contributed by atoms with van der Waals surface area (Å²) in [6, 6.07) is 6.81. The first-order chi connectivity index (χ1) is 14.5. The summed E-state index contributed by atoms with van der Waals surface area (Å²) in [4.78, 5) is 2.62. The molecule has 0 fully saturated rings. The summed E-state index contributed by atoms with van der Waals surface area (Å²) in [6.07, 6.45) is 1.00. The summed E-state index contributed by atoms with van der Waals surface area (Å²) in [5, 5.41) is 10.2. The smallest absolute Gasteiger partial charge is 0.335 e. The number of aromatic nitrogens is 2. The van der Waals surface area contributed by atoms with Crippen molar-refractivity contribution in [3.05, 3.63) is 34.7 Å². The van der Waals surface area contributed by atoms with Crippen LogP contribution < -0.4 is 4.74 Å². The lowest BCUT2D eigenvalue weighted by atomic mass is 10.2. The fourth-order valence-corrected chi connectivity index (χ4v) is 2.50. The Bertz CT molecular complexity index is 911. The van der Waals surface area contributed by atoms with Crippen molar-refractivity contribution in [2.24, 2.45) is 5.11 Å². The van der Waals surface area contributed by atoms with Crippen LogP contribution in [0.3, 0.4) is 0 Å². The minimum absolute atomic E-state index is 0.117. The van der Waals surface area contributed by atoms with E-state index < -0.39 is 15.1 Å². The largest absolute Gasteiger partial charge is 0.491 e. The van der Waals surface area contributed by atoms with Gasteiger partial charge >= 0.3 is 5.22 Å². The molecule has 1 aromatic carbocycles. The molecule has 164 valence electrons. The van der Waals surface area contributed by atoms with Crippen molar-refractivity contribution in [3.8, 4) is 17.2 Å². The third-order valence-corrected chi connectivity index (χ3v) is 4.26. The first-order valence-electron chi connectivity index (χ1n) is 9.01. The van der Waals surface area contributed by atoms with Crippen molar-refractivity contribution in [1.29, 1.82) is 0 Å². The molecule has 0 bridgehead atoms. The van der Waals surface area contributed by atoms with Crippen LogP contribution in [0.4, 0.5) is 0 Å². The summed E-state index contributed by atoms with van der Waals surface area (Å²) >= 11 is 0.